The lowest BCUT2D eigenvalue weighted by Crippen LogP contribution is -1.94. The second-order valence-electron chi connectivity index (χ2n) is 6.99. The van der Waals surface area contributed by atoms with E-state index < -0.39 is 0 Å². The summed E-state index contributed by atoms with van der Waals surface area (Å²) in [5.41, 5.74) is 5.26. The largest absolute Gasteiger partial charge is 0.0836 e. The Morgan fingerprint density at radius 2 is 1.33 bits per heavy atom. The molecule has 0 N–H and O–H groups in total. The molecular weight excluding hydrogens is 392 g/mol. The number of allylic oxidation sites excluding steroid dienone is 4. The van der Waals surface area contributed by atoms with E-state index in [0.717, 1.165) is 17.3 Å². The Labute approximate surface area is 168 Å². The highest BCUT2D eigenvalue weighted by Gasteiger charge is 2.17. The first-order valence-corrected chi connectivity index (χ1v) is 10.2. The number of fused-ring (bicyclic) bond motifs is 2. The van der Waals surface area contributed by atoms with Gasteiger partial charge in [0.15, 0.2) is 0 Å². The molecule has 0 saturated carbocycles. The molecule has 4 aromatic rings. The van der Waals surface area contributed by atoms with E-state index >= 15 is 0 Å². The molecule has 0 radical (unpaired) electrons. The van der Waals surface area contributed by atoms with Gasteiger partial charge in [-0.2, -0.15) is 0 Å². The zero-order valence-electron chi connectivity index (χ0n) is 15.0. The molecule has 0 bridgehead atoms. The fourth-order valence-corrected chi connectivity index (χ4v) is 4.54. The van der Waals surface area contributed by atoms with E-state index in [4.69, 9.17) is 0 Å². The molecule has 0 nitrogen and oxygen atoms in total. The quantitative estimate of drug-likeness (QED) is 0.292. The van der Waals surface area contributed by atoms with Crippen LogP contribution in [0.25, 0.3) is 38.2 Å². The Bertz CT molecular complexity index is 1210. The summed E-state index contributed by atoms with van der Waals surface area (Å²) in [6.45, 7) is 0. The van der Waals surface area contributed by atoms with E-state index in [1.54, 1.807) is 0 Å². The van der Waals surface area contributed by atoms with Gasteiger partial charge < -0.3 is 0 Å². The van der Waals surface area contributed by atoms with Crippen LogP contribution >= 0.6 is 15.9 Å². The summed E-state index contributed by atoms with van der Waals surface area (Å²) in [5, 5.41) is 5.24. The first kappa shape index (κ1) is 16.5. The highest BCUT2D eigenvalue weighted by atomic mass is 79.9. The van der Waals surface area contributed by atoms with Crippen molar-refractivity contribution in [2.75, 3.05) is 0 Å². The van der Waals surface area contributed by atoms with Gasteiger partial charge >= 0.3 is 0 Å². The van der Waals surface area contributed by atoms with E-state index in [2.05, 4.69) is 107 Å². The van der Waals surface area contributed by atoms with Crippen molar-refractivity contribution in [1.29, 1.82) is 0 Å². The highest BCUT2D eigenvalue weighted by molar-refractivity contribution is 9.10. The van der Waals surface area contributed by atoms with Crippen LogP contribution < -0.4 is 0 Å². The molecule has 0 unspecified atom stereocenters. The molecule has 130 valence electrons. The minimum atomic E-state index is 1.11. The van der Waals surface area contributed by atoms with E-state index in [1.165, 1.54) is 43.8 Å². The fraction of sp³-hybridized carbons (Fsp3) is 0.0769. The fourth-order valence-electron chi connectivity index (χ4n) is 4.18. The normalized spacial score (nSPS) is 13.9. The Balaban J connectivity index is 2.00. The predicted octanol–water partition coefficient (Wildman–Crippen LogP) is 8.16. The maximum atomic E-state index is 3.70. The average Bonchev–Trinajstić information content (AvgIpc) is 2.73. The third-order valence-corrected chi connectivity index (χ3v) is 5.83. The van der Waals surface area contributed by atoms with Crippen molar-refractivity contribution >= 4 is 43.0 Å². The summed E-state index contributed by atoms with van der Waals surface area (Å²) in [4.78, 5) is 0. The van der Waals surface area contributed by atoms with Crippen molar-refractivity contribution in [3.05, 3.63) is 101 Å². The van der Waals surface area contributed by atoms with Crippen LogP contribution in [-0.4, -0.2) is 0 Å². The van der Waals surface area contributed by atoms with Crippen molar-refractivity contribution in [3.63, 3.8) is 0 Å². The topological polar surface area (TPSA) is 0 Å². The second kappa shape index (κ2) is 6.83. The zero-order valence-corrected chi connectivity index (χ0v) is 16.5. The van der Waals surface area contributed by atoms with Gasteiger partial charge in [0, 0.05) is 4.47 Å². The Morgan fingerprint density at radius 1 is 0.630 bits per heavy atom. The molecule has 0 aromatic heterocycles. The smallest absolute Gasteiger partial charge is 0.0181 e. The van der Waals surface area contributed by atoms with Gasteiger partial charge in [-0.05, 0) is 68.8 Å². The Morgan fingerprint density at radius 3 is 2.07 bits per heavy atom. The Hall–Kier alpha value is -2.64. The second-order valence-corrected chi connectivity index (χ2v) is 7.91. The van der Waals surface area contributed by atoms with Gasteiger partial charge in [-0.15, -0.1) is 0 Å². The van der Waals surface area contributed by atoms with Gasteiger partial charge in [0.1, 0.15) is 0 Å². The number of halogens is 1. The molecule has 0 saturated heterocycles. The molecule has 0 amide bonds. The van der Waals surface area contributed by atoms with Crippen LogP contribution in [0.15, 0.2) is 95.5 Å². The molecule has 0 aliphatic heterocycles. The number of hydrogen-bond donors (Lipinski definition) is 0. The first-order chi connectivity index (χ1) is 13.3. The van der Waals surface area contributed by atoms with Crippen LogP contribution in [0.2, 0.25) is 0 Å². The third kappa shape index (κ3) is 2.83. The third-order valence-electron chi connectivity index (χ3n) is 5.33. The highest BCUT2D eigenvalue weighted by Crippen LogP contribution is 2.43. The van der Waals surface area contributed by atoms with Gasteiger partial charge in [0.2, 0.25) is 0 Å². The number of benzene rings is 4. The van der Waals surface area contributed by atoms with E-state index in [1.807, 2.05) is 0 Å². The van der Waals surface area contributed by atoms with Crippen LogP contribution in [0.4, 0.5) is 0 Å². The summed E-state index contributed by atoms with van der Waals surface area (Å²) in [6, 6.07) is 26.2. The van der Waals surface area contributed by atoms with Crippen LogP contribution in [-0.2, 0) is 0 Å². The van der Waals surface area contributed by atoms with Crippen LogP contribution in [0.1, 0.15) is 18.4 Å². The maximum absolute atomic E-state index is 3.70. The average molecular weight is 411 g/mol. The minimum Gasteiger partial charge on any atom is -0.0836 e. The van der Waals surface area contributed by atoms with Crippen molar-refractivity contribution in [2.24, 2.45) is 0 Å². The van der Waals surface area contributed by atoms with Crippen molar-refractivity contribution < 1.29 is 0 Å². The molecule has 5 rings (SSSR count). The molecule has 0 heterocycles. The van der Waals surface area contributed by atoms with Gasteiger partial charge in [-0.1, -0.05) is 94.8 Å². The van der Waals surface area contributed by atoms with Crippen molar-refractivity contribution in [1.82, 2.24) is 0 Å². The van der Waals surface area contributed by atoms with Crippen LogP contribution in [0.5, 0.6) is 0 Å². The van der Waals surface area contributed by atoms with Crippen LogP contribution in [0.3, 0.4) is 0 Å². The molecule has 4 aromatic carbocycles. The van der Waals surface area contributed by atoms with Gasteiger partial charge in [0.05, 0.1) is 0 Å². The molecule has 0 spiro atoms. The predicted molar refractivity (Wildman–Crippen MR) is 121 cm³/mol. The summed E-state index contributed by atoms with van der Waals surface area (Å²) < 4.78 is 1.12. The molecule has 27 heavy (non-hydrogen) atoms. The molecule has 1 aliphatic carbocycles. The SMILES string of the molecule is Brc1ccc2c(-c3ccccc3)c3ccccc3c(C3=CCCC=C3)c2c1. The molecular formula is C26H19Br. The standard InChI is InChI=1S/C26H19Br/c27-20-15-16-23-24(17-20)26(19-11-5-2-6-12-19)22-14-8-7-13-21(22)25(23)18-9-3-1-4-10-18/h1,3-5,7-17H,2,6H2. The van der Waals surface area contributed by atoms with Crippen molar-refractivity contribution in [2.45, 2.75) is 12.8 Å². The lowest BCUT2D eigenvalue weighted by atomic mass is 9.85. The van der Waals surface area contributed by atoms with E-state index in [9.17, 15) is 0 Å². The van der Waals surface area contributed by atoms with Gasteiger partial charge in [0.25, 0.3) is 0 Å². The van der Waals surface area contributed by atoms with E-state index in [-0.39, 0.29) is 0 Å². The molecule has 0 fully saturated rings. The molecule has 1 heteroatoms. The Kier molecular flexibility index (Phi) is 4.18. The summed E-state index contributed by atoms with van der Waals surface area (Å²) >= 11 is 3.70. The summed E-state index contributed by atoms with van der Waals surface area (Å²) in [5.74, 6) is 0. The monoisotopic (exact) mass is 410 g/mol. The first-order valence-electron chi connectivity index (χ1n) is 9.39. The van der Waals surface area contributed by atoms with E-state index in [0.29, 0.717) is 0 Å². The van der Waals surface area contributed by atoms with Crippen molar-refractivity contribution in [3.8, 4) is 11.1 Å². The zero-order chi connectivity index (χ0) is 18.2. The summed E-state index contributed by atoms with van der Waals surface area (Å²) in [7, 11) is 0. The summed E-state index contributed by atoms with van der Waals surface area (Å²) in [6.07, 6.45) is 9.19. The van der Waals surface area contributed by atoms with Crippen LogP contribution in [0, 0.1) is 0 Å². The lowest BCUT2D eigenvalue weighted by Gasteiger charge is -2.19. The molecule has 1 aliphatic rings. The number of hydrogen-bond acceptors (Lipinski definition) is 0. The number of rotatable bonds is 2. The maximum Gasteiger partial charge on any atom is 0.0181 e. The van der Waals surface area contributed by atoms with Gasteiger partial charge in [-0.3, -0.25) is 0 Å². The van der Waals surface area contributed by atoms with Gasteiger partial charge in [-0.25, -0.2) is 0 Å². The molecule has 0 atom stereocenters. The lowest BCUT2D eigenvalue weighted by molar-refractivity contribution is 1.04. The minimum absolute atomic E-state index is 1.11.